The van der Waals surface area contributed by atoms with Gasteiger partial charge in [0.25, 0.3) is 0 Å². The molecular formula is C18H18ClNO2. The Morgan fingerprint density at radius 2 is 1.86 bits per heavy atom. The minimum atomic E-state index is -0.164. The van der Waals surface area contributed by atoms with Crippen molar-refractivity contribution in [3.8, 4) is 5.75 Å². The normalized spacial score (nSPS) is 12.1. The Balaban J connectivity index is 1.97. The summed E-state index contributed by atoms with van der Waals surface area (Å²) < 4.78 is 5.12. The van der Waals surface area contributed by atoms with Crippen molar-refractivity contribution in [1.29, 1.82) is 0 Å². The third-order valence-corrected chi connectivity index (χ3v) is 3.64. The molecule has 1 atom stereocenters. The van der Waals surface area contributed by atoms with Crippen LogP contribution < -0.4 is 10.1 Å². The number of carbonyl (C=O) groups is 1. The van der Waals surface area contributed by atoms with Crippen molar-refractivity contribution >= 4 is 23.6 Å². The van der Waals surface area contributed by atoms with Crippen molar-refractivity contribution < 1.29 is 9.53 Å². The molecule has 0 radical (unpaired) electrons. The van der Waals surface area contributed by atoms with Gasteiger partial charge in [0.2, 0.25) is 5.91 Å². The van der Waals surface area contributed by atoms with E-state index in [-0.39, 0.29) is 11.9 Å². The van der Waals surface area contributed by atoms with Crippen LogP contribution in [0.4, 0.5) is 0 Å². The van der Waals surface area contributed by atoms with Crippen LogP contribution in [0.1, 0.15) is 24.1 Å². The molecule has 0 aliphatic rings. The molecule has 0 unspecified atom stereocenters. The molecule has 0 spiro atoms. The lowest BCUT2D eigenvalue weighted by molar-refractivity contribution is -0.117. The van der Waals surface area contributed by atoms with Crippen LogP contribution in [0.3, 0.4) is 0 Å². The number of hydrogen-bond acceptors (Lipinski definition) is 2. The molecule has 0 heterocycles. The Labute approximate surface area is 135 Å². The number of nitrogens with one attached hydrogen (secondary N) is 1. The number of ether oxygens (including phenoxy) is 1. The predicted octanol–water partition coefficient (Wildman–Crippen LogP) is 4.24. The number of amides is 1. The summed E-state index contributed by atoms with van der Waals surface area (Å²) >= 11 is 6.04. The maximum atomic E-state index is 12.0. The Bertz CT molecular complexity index is 665. The van der Waals surface area contributed by atoms with Gasteiger partial charge in [0.05, 0.1) is 13.2 Å². The number of methoxy groups -OCH3 is 1. The SMILES string of the molecule is COc1ccc([C@@H](C)NC(=O)/C=C/c2ccccc2Cl)cc1. The topological polar surface area (TPSA) is 38.3 Å². The molecule has 0 aromatic heterocycles. The fourth-order valence-electron chi connectivity index (χ4n) is 2.01. The van der Waals surface area contributed by atoms with Gasteiger partial charge in [-0.25, -0.2) is 0 Å². The van der Waals surface area contributed by atoms with Gasteiger partial charge < -0.3 is 10.1 Å². The number of hydrogen-bond donors (Lipinski definition) is 1. The number of benzene rings is 2. The van der Waals surface area contributed by atoms with Crippen molar-refractivity contribution in [3.05, 3.63) is 70.8 Å². The minimum absolute atomic E-state index is 0.0886. The summed E-state index contributed by atoms with van der Waals surface area (Å²) in [5.41, 5.74) is 1.83. The molecule has 1 N–H and O–H groups in total. The maximum absolute atomic E-state index is 12.0. The average molecular weight is 316 g/mol. The van der Waals surface area contributed by atoms with E-state index in [9.17, 15) is 4.79 Å². The molecule has 0 aliphatic carbocycles. The summed E-state index contributed by atoms with van der Waals surface area (Å²) in [6.45, 7) is 1.93. The van der Waals surface area contributed by atoms with Gasteiger partial charge in [0, 0.05) is 11.1 Å². The van der Waals surface area contributed by atoms with E-state index in [2.05, 4.69) is 5.32 Å². The van der Waals surface area contributed by atoms with Crippen LogP contribution in [0.15, 0.2) is 54.6 Å². The minimum Gasteiger partial charge on any atom is -0.497 e. The Kier molecular flexibility index (Phi) is 5.61. The van der Waals surface area contributed by atoms with Gasteiger partial charge in [-0.05, 0) is 42.3 Å². The van der Waals surface area contributed by atoms with Crippen LogP contribution >= 0.6 is 11.6 Å². The second-order valence-electron chi connectivity index (χ2n) is 4.86. The molecule has 114 valence electrons. The summed E-state index contributed by atoms with van der Waals surface area (Å²) in [6, 6.07) is 14.9. The van der Waals surface area contributed by atoms with Crippen LogP contribution in [0.2, 0.25) is 5.02 Å². The third kappa shape index (κ3) is 4.37. The number of halogens is 1. The first kappa shape index (κ1) is 16.1. The van der Waals surface area contributed by atoms with E-state index < -0.39 is 0 Å². The zero-order valence-electron chi connectivity index (χ0n) is 12.5. The van der Waals surface area contributed by atoms with Gasteiger partial charge in [-0.1, -0.05) is 41.9 Å². The highest BCUT2D eigenvalue weighted by atomic mass is 35.5. The summed E-state index contributed by atoms with van der Waals surface area (Å²) in [7, 11) is 1.62. The van der Waals surface area contributed by atoms with E-state index in [1.807, 2.05) is 49.4 Å². The Morgan fingerprint density at radius 3 is 2.50 bits per heavy atom. The molecule has 0 aliphatic heterocycles. The summed E-state index contributed by atoms with van der Waals surface area (Å²) in [6.07, 6.45) is 3.19. The van der Waals surface area contributed by atoms with Crippen LogP contribution in [-0.4, -0.2) is 13.0 Å². The Morgan fingerprint density at radius 1 is 1.18 bits per heavy atom. The van der Waals surface area contributed by atoms with E-state index in [1.165, 1.54) is 6.08 Å². The van der Waals surface area contributed by atoms with Crippen molar-refractivity contribution in [1.82, 2.24) is 5.32 Å². The molecule has 1 amide bonds. The highest BCUT2D eigenvalue weighted by Crippen LogP contribution is 2.18. The molecule has 0 fully saturated rings. The average Bonchev–Trinajstić information content (AvgIpc) is 2.54. The predicted molar refractivity (Wildman–Crippen MR) is 90.0 cm³/mol. The van der Waals surface area contributed by atoms with Gasteiger partial charge in [0.1, 0.15) is 5.75 Å². The van der Waals surface area contributed by atoms with E-state index in [0.717, 1.165) is 16.9 Å². The third-order valence-electron chi connectivity index (χ3n) is 3.29. The molecule has 2 aromatic carbocycles. The molecule has 0 bridgehead atoms. The lowest BCUT2D eigenvalue weighted by Crippen LogP contribution is -2.24. The zero-order valence-corrected chi connectivity index (χ0v) is 13.3. The van der Waals surface area contributed by atoms with Gasteiger partial charge in [-0.3, -0.25) is 4.79 Å². The zero-order chi connectivity index (χ0) is 15.9. The fourth-order valence-corrected chi connectivity index (χ4v) is 2.21. The van der Waals surface area contributed by atoms with E-state index in [1.54, 1.807) is 19.3 Å². The van der Waals surface area contributed by atoms with Crippen LogP contribution in [0.5, 0.6) is 5.75 Å². The fraction of sp³-hybridized carbons (Fsp3) is 0.167. The highest BCUT2D eigenvalue weighted by molar-refractivity contribution is 6.32. The lowest BCUT2D eigenvalue weighted by Gasteiger charge is -2.13. The van der Waals surface area contributed by atoms with Crippen LogP contribution in [0, 0.1) is 0 Å². The van der Waals surface area contributed by atoms with Gasteiger partial charge in [-0.2, -0.15) is 0 Å². The molecule has 4 heteroatoms. The maximum Gasteiger partial charge on any atom is 0.244 e. The molecule has 0 saturated heterocycles. The highest BCUT2D eigenvalue weighted by Gasteiger charge is 2.07. The van der Waals surface area contributed by atoms with Gasteiger partial charge in [0.15, 0.2) is 0 Å². The summed E-state index contributed by atoms with van der Waals surface area (Å²) in [5.74, 6) is 0.629. The molecule has 3 nitrogen and oxygen atoms in total. The largest absolute Gasteiger partial charge is 0.497 e. The first-order chi connectivity index (χ1) is 10.6. The molecule has 2 rings (SSSR count). The number of carbonyl (C=O) groups excluding carboxylic acids is 1. The summed E-state index contributed by atoms with van der Waals surface area (Å²) in [4.78, 5) is 12.0. The van der Waals surface area contributed by atoms with Crippen molar-refractivity contribution in [2.45, 2.75) is 13.0 Å². The van der Waals surface area contributed by atoms with E-state index in [0.29, 0.717) is 5.02 Å². The molecule has 0 saturated carbocycles. The molecule has 22 heavy (non-hydrogen) atoms. The lowest BCUT2D eigenvalue weighted by atomic mass is 10.1. The first-order valence-corrected chi connectivity index (χ1v) is 7.35. The van der Waals surface area contributed by atoms with Crippen molar-refractivity contribution in [2.24, 2.45) is 0 Å². The second kappa shape index (κ2) is 7.66. The monoisotopic (exact) mass is 315 g/mol. The van der Waals surface area contributed by atoms with Crippen LogP contribution in [-0.2, 0) is 4.79 Å². The molecule has 2 aromatic rings. The van der Waals surface area contributed by atoms with E-state index in [4.69, 9.17) is 16.3 Å². The quantitative estimate of drug-likeness (QED) is 0.838. The summed E-state index contributed by atoms with van der Waals surface area (Å²) in [5, 5.41) is 3.53. The van der Waals surface area contributed by atoms with Crippen LogP contribution in [0.25, 0.3) is 6.08 Å². The van der Waals surface area contributed by atoms with Crippen molar-refractivity contribution in [2.75, 3.05) is 7.11 Å². The van der Waals surface area contributed by atoms with Gasteiger partial charge in [-0.15, -0.1) is 0 Å². The standard InChI is InChI=1S/C18H18ClNO2/c1-13(14-7-10-16(22-2)11-8-14)20-18(21)12-9-15-5-3-4-6-17(15)19/h3-13H,1-2H3,(H,20,21)/b12-9+/t13-/m1/s1. The first-order valence-electron chi connectivity index (χ1n) is 6.97. The Hall–Kier alpha value is -2.26. The number of rotatable bonds is 5. The van der Waals surface area contributed by atoms with E-state index >= 15 is 0 Å². The smallest absolute Gasteiger partial charge is 0.244 e. The van der Waals surface area contributed by atoms with Gasteiger partial charge >= 0.3 is 0 Å². The van der Waals surface area contributed by atoms with Crippen molar-refractivity contribution in [3.63, 3.8) is 0 Å². The molecular weight excluding hydrogens is 298 g/mol. The second-order valence-corrected chi connectivity index (χ2v) is 5.27.